The van der Waals surface area contributed by atoms with E-state index in [0.29, 0.717) is 23.3 Å². The third-order valence-corrected chi connectivity index (χ3v) is 21.4. The Hall–Kier alpha value is -14.5. The molecule has 3 aromatic heterocycles. The highest BCUT2D eigenvalue weighted by atomic mass is 16.3. The molecule has 1 aliphatic carbocycles. The number of allylic oxidation sites excluding steroid dienone is 4. The first kappa shape index (κ1) is 65.1. The zero-order valence-electron chi connectivity index (χ0n) is 59.8. The molecule has 1 unspecified atom stereocenters. The lowest BCUT2D eigenvalue weighted by atomic mass is 9.94. The van der Waals surface area contributed by atoms with E-state index in [2.05, 4.69) is 339 Å². The van der Waals surface area contributed by atoms with Crippen molar-refractivity contribution in [2.45, 2.75) is 19.0 Å². The molecule has 4 heterocycles. The quantitative estimate of drug-likeness (QED) is 0.110. The van der Waals surface area contributed by atoms with Gasteiger partial charge in [-0.1, -0.05) is 358 Å². The molecule has 8 heteroatoms. The number of rotatable bonds is 15. The molecule has 1 atom stereocenters. The van der Waals surface area contributed by atoms with Gasteiger partial charge in [-0.3, -0.25) is 0 Å². The molecule has 0 spiro atoms. The largest absolute Gasteiger partial charge is 0.455 e. The lowest BCUT2D eigenvalue weighted by Gasteiger charge is -2.24. The number of aromatic nitrogens is 3. The summed E-state index contributed by atoms with van der Waals surface area (Å²) in [7, 11) is 0. The van der Waals surface area contributed by atoms with E-state index in [1.54, 1.807) is 0 Å². The number of hydrogen-bond acceptors (Lipinski definition) is 8. The molecule has 1 aliphatic heterocycles. The Morgan fingerprint density at radius 2 is 0.691 bits per heavy atom. The molecule has 0 fully saturated rings. The summed E-state index contributed by atoms with van der Waals surface area (Å²) >= 11 is 0. The second-order valence-corrected chi connectivity index (χ2v) is 28.1. The van der Waals surface area contributed by atoms with Crippen molar-refractivity contribution in [2.75, 3.05) is 0 Å². The van der Waals surface area contributed by atoms with Crippen LogP contribution in [0.15, 0.2) is 395 Å². The molecule has 0 bridgehead atoms. The van der Waals surface area contributed by atoms with Crippen LogP contribution >= 0.6 is 0 Å². The van der Waals surface area contributed by atoms with E-state index in [0.717, 1.165) is 185 Å². The Morgan fingerprint density at radius 3 is 1.25 bits per heavy atom. The van der Waals surface area contributed by atoms with Crippen LogP contribution in [-0.4, -0.2) is 26.6 Å². The van der Waals surface area contributed by atoms with Gasteiger partial charge in [-0.25, -0.2) is 24.9 Å². The van der Waals surface area contributed by atoms with Gasteiger partial charge in [0.1, 0.15) is 34.3 Å². The van der Waals surface area contributed by atoms with Crippen LogP contribution in [0.1, 0.15) is 41.3 Å². The van der Waals surface area contributed by atoms with E-state index in [-0.39, 0.29) is 0 Å². The van der Waals surface area contributed by atoms with E-state index in [9.17, 15) is 0 Å². The molecule has 0 radical (unpaired) electrons. The maximum atomic E-state index is 6.91. The smallest absolute Gasteiger partial charge is 0.164 e. The molecule has 1 N–H and O–H groups in total. The van der Waals surface area contributed by atoms with E-state index in [1.165, 1.54) is 11.1 Å². The number of aliphatic imine (C=N–C) groups is 2. The number of furan rings is 2. The molecule has 20 rings (SSSR count). The minimum atomic E-state index is -0.488. The highest BCUT2D eigenvalue weighted by molar-refractivity contribution is 6.17. The van der Waals surface area contributed by atoms with Gasteiger partial charge in [0.05, 0.1) is 0 Å². The van der Waals surface area contributed by atoms with Gasteiger partial charge in [0.25, 0.3) is 0 Å². The van der Waals surface area contributed by atoms with Gasteiger partial charge in [0.15, 0.2) is 23.3 Å². The first-order valence-electron chi connectivity index (χ1n) is 37.4. The van der Waals surface area contributed by atoms with Crippen LogP contribution < -0.4 is 5.32 Å². The van der Waals surface area contributed by atoms with Gasteiger partial charge in [-0.2, -0.15) is 0 Å². The number of amidine groups is 2. The van der Waals surface area contributed by atoms with E-state index >= 15 is 0 Å². The highest BCUT2D eigenvalue weighted by Gasteiger charge is 2.28. The van der Waals surface area contributed by atoms with Crippen LogP contribution in [0, 0.1) is 0 Å². The third kappa shape index (κ3) is 12.5. The molecule has 110 heavy (non-hydrogen) atoms. The first-order valence-corrected chi connectivity index (χ1v) is 37.4. The van der Waals surface area contributed by atoms with Crippen LogP contribution in [0.5, 0.6) is 0 Å². The average molecular weight is 1410 g/mol. The maximum absolute atomic E-state index is 6.91. The predicted molar refractivity (Wildman–Crippen MR) is 452 cm³/mol. The number of benzene rings is 15. The highest BCUT2D eigenvalue weighted by Crippen LogP contribution is 2.45. The summed E-state index contributed by atoms with van der Waals surface area (Å²) in [4.78, 5) is 26.5. The van der Waals surface area contributed by atoms with Gasteiger partial charge in [-0.15, -0.1) is 0 Å². The summed E-state index contributed by atoms with van der Waals surface area (Å²) in [6.07, 6.45) is 8.37. The standard InChI is InChI=1S/C102H68N6O2/c1-5-18-65(19-6-1)69-38-50-77(51-39-69)85-29-16-30-88-93-89(31-17-33-92(93)110-95(85)88)101-105-97(79-54-42-70(43-55-79)66-20-7-2-8-21-66)103-98(106-101)82-60-48-76(49-61-82)84-27-15-26-83(64-84)75-36-34-73(35-37-75)74-40-52-78(53-41-74)86-62-63-90(94-87-28-13-14-32-91(87)109-96(86)94)102-107-99(80-56-44-71(45-57-80)67-22-9-3-10-23-67)104-100(108-102)81-58-46-72(47-59-81)68-24-11-4-12-25-68/h1,3-7,9-64,102H,2,8H2,(H,104,107,108). The topological polar surface area (TPSA) is 102 Å². The van der Waals surface area contributed by atoms with Gasteiger partial charge >= 0.3 is 0 Å². The first-order chi connectivity index (χ1) is 54.5. The van der Waals surface area contributed by atoms with Gasteiger partial charge < -0.3 is 14.2 Å². The minimum absolute atomic E-state index is 0.488. The summed E-state index contributed by atoms with van der Waals surface area (Å²) in [6, 6.07) is 126. The second-order valence-electron chi connectivity index (χ2n) is 28.1. The Labute approximate surface area is 636 Å². The van der Waals surface area contributed by atoms with Crippen molar-refractivity contribution >= 4 is 61.1 Å². The van der Waals surface area contributed by atoms with Gasteiger partial charge in [-0.05, 0) is 120 Å². The molecule has 8 nitrogen and oxygen atoms in total. The predicted octanol–water partition coefficient (Wildman–Crippen LogP) is 26.2. The SMILES string of the molecule is C1=CC(c2ccc(-c3nc(-c4ccc(-c5cccc(-c6ccc(-c7ccc(-c8ccc(C9N=C(c%10ccc(-c%11ccccc%11)cc%10)N=C(c%10ccc(-c%11ccccc%11)cc%10)N9)c9c8oc8ccccc89)cc7)cc6)c5)cc4)nc(-c4cccc5oc6c(-c7ccc(-c8ccccc8)cc7)cccc6c45)n3)cc2)=CCC1. The van der Waals surface area contributed by atoms with Crippen LogP contribution in [0.25, 0.3) is 173 Å². The number of nitrogens with one attached hydrogen (secondary N) is 1. The normalized spacial score (nSPS) is 13.5. The van der Waals surface area contributed by atoms with E-state index in [4.69, 9.17) is 33.8 Å². The second kappa shape index (κ2) is 28.1. The Morgan fingerprint density at radius 1 is 0.282 bits per heavy atom. The summed E-state index contributed by atoms with van der Waals surface area (Å²) in [5.74, 6) is 3.13. The summed E-state index contributed by atoms with van der Waals surface area (Å²) in [5, 5.41) is 7.77. The molecule has 15 aromatic carbocycles. The van der Waals surface area contributed by atoms with Crippen molar-refractivity contribution in [3.8, 4) is 123 Å². The van der Waals surface area contributed by atoms with Crippen molar-refractivity contribution in [3.05, 3.63) is 398 Å². The van der Waals surface area contributed by atoms with Gasteiger partial charge in [0, 0.05) is 66.1 Å². The Bertz CT molecular complexity index is 6640. The van der Waals surface area contributed by atoms with Crippen molar-refractivity contribution in [1.82, 2.24) is 20.3 Å². The summed E-state index contributed by atoms with van der Waals surface area (Å²) in [6.45, 7) is 0. The maximum Gasteiger partial charge on any atom is 0.164 e. The lowest BCUT2D eigenvalue weighted by molar-refractivity contribution is 0.663. The van der Waals surface area contributed by atoms with Crippen LogP contribution in [0.3, 0.4) is 0 Å². The zero-order valence-corrected chi connectivity index (χ0v) is 59.8. The monoisotopic (exact) mass is 1410 g/mol. The Balaban J connectivity index is 0.579. The molecular weight excluding hydrogens is 1340 g/mol. The molecule has 2 aliphatic rings. The van der Waals surface area contributed by atoms with Crippen molar-refractivity contribution in [1.29, 1.82) is 0 Å². The fraction of sp³-hybridized carbons (Fsp3) is 0.0294. The van der Waals surface area contributed by atoms with Crippen LogP contribution in [0.4, 0.5) is 0 Å². The van der Waals surface area contributed by atoms with Crippen molar-refractivity contribution in [3.63, 3.8) is 0 Å². The summed E-state index contributed by atoms with van der Waals surface area (Å²) in [5.41, 5.74) is 28.9. The lowest BCUT2D eigenvalue weighted by Crippen LogP contribution is -2.33. The molecule has 0 saturated carbocycles. The molecule has 18 aromatic rings. The molecule has 0 saturated heterocycles. The van der Waals surface area contributed by atoms with Gasteiger partial charge in [0.2, 0.25) is 0 Å². The number of nitrogens with zero attached hydrogens (tertiary/aromatic N) is 5. The number of hydrogen-bond donors (Lipinski definition) is 1. The van der Waals surface area contributed by atoms with Crippen LogP contribution in [0.2, 0.25) is 0 Å². The third-order valence-electron chi connectivity index (χ3n) is 21.4. The fourth-order valence-electron chi connectivity index (χ4n) is 15.6. The fourth-order valence-corrected chi connectivity index (χ4v) is 15.6. The average Bonchev–Trinajstić information content (AvgIpc) is 1.61. The molecule has 0 amide bonds. The van der Waals surface area contributed by atoms with Crippen molar-refractivity contribution in [2.24, 2.45) is 9.98 Å². The molecular formula is C102H68N6O2. The Kier molecular flexibility index (Phi) is 16.6. The summed E-state index contributed by atoms with van der Waals surface area (Å²) < 4.78 is 13.7. The number of fused-ring (bicyclic) bond motifs is 6. The van der Waals surface area contributed by atoms with Crippen LogP contribution in [-0.2, 0) is 0 Å². The zero-order chi connectivity index (χ0) is 72.9. The number of para-hydroxylation sites is 2. The molecule has 518 valence electrons. The van der Waals surface area contributed by atoms with E-state index in [1.807, 2.05) is 42.5 Å². The van der Waals surface area contributed by atoms with Crippen molar-refractivity contribution < 1.29 is 8.83 Å². The van der Waals surface area contributed by atoms with E-state index < -0.39 is 6.17 Å². The minimum Gasteiger partial charge on any atom is -0.455 e.